The van der Waals surface area contributed by atoms with E-state index in [1.165, 1.54) is 11.7 Å². The number of amides is 1. The molecule has 1 aliphatic heterocycles. The van der Waals surface area contributed by atoms with E-state index < -0.39 is 11.9 Å². The molecule has 1 atom stereocenters. The number of piperazine rings is 1. The van der Waals surface area contributed by atoms with Crippen LogP contribution in [0.1, 0.15) is 37.1 Å². The zero-order valence-corrected chi connectivity index (χ0v) is 21.7. The van der Waals surface area contributed by atoms with Crippen LogP contribution in [-0.2, 0) is 18.0 Å². The average Bonchev–Trinajstić information content (AvgIpc) is 3.57. The first-order chi connectivity index (χ1) is 18.7. The second-order valence-corrected chi connectivity index (χ2v) is 10.3. The van der Waals surface area contributed by atoms with Gasteiger partial charge in [-0.2, -0.15) is 18.3 Å². The van der Waals surface area contributed by atoms with Crippen LogP contribution in [0.3, 0.4) is 0 Å². The number of alkyl halides is 3. The molecule has 1 aliphatic carbocycles. The Bertz CT molecular complexity index is 1510. The van der Waals surface area contributed by atoms with Gasteiger partial charge in [0.1, 0.15) is 5.82 Å². The van der Waals surface area contributed by atoms with E-state index in [1.54, 1.807) is 24.4 Å². The van der Waals surface area contributed by atoms with Crippen LogP contribution in [0.5, 0.6) is 0 Å². The molecule has 1 unspecified atom stereocenters. The number of carbonyl (C=O) groups excluding carboxylic acids is 1. The third-order valence-electron chi connectivity index (χ3n) is 7.56. The second kappa shape index (κ2) is 9.67. The van der Waals surface area contributed by atoms with E-state index in [0.29, 0.717) is 40.0 Å². The number of hydrogen-bond donors (Lipinski definition) is 2. The number of anilines is 2. The van der Waals surface area contributed by atoms with E-state index in [1.807, 2.05) is 17.0 Å². The molecular formula is C27H29F3N8O. The number of aromatic nitrogens is 5. The lowest BCUT2D eigenvalue weighted by atomic mass is 10.1. The number of pyridine rings is 1. The van der Waals surface area contributed by atoms with Gasteiger partial charge in [-0.1, -0.05) is 6.07 Å². The van der Waals surface area contributed by atoms with Gasteiger partial charge in [-0.05, 0) is 55.7 Å². The number of hydrogen-bond acceptors (Lipinski definition) is 6. The summed E-state index contributed by atoms with van der Waals surface area (Å²) in [7, 11) is 1.49. The summed E-state index contributed by atoms with van der Waals surface area (Å²) in [5.74, 6) is 1.67. The first-order valence-electron chi connectivity index (χ1n) is 13.0. The lowest BCUT2D eigenvalue weighted by Gasteiger charge is -2.38. The lowest BCUT2D eigenvalue weighted by Crippen LogP contribution is -2.49. The third-order valence-corrected chi connectivity index (χ3v) is 7.56. The monoisotopic (exact) mass is 538 g/mol. The lowest BCUT2D eigenvalue weighted by molar-refractivity contribution is -0.141. The normalized spacial score (nSPS) is 17.5. The van der Waals surface area contributed by atoms with Crippen LogP contribution < -0.4 is 5.32 Å². The fourth-order valence-corrected chi connectivity index (χ4v) is 5.13. The number of nitrogens with one attached hydrogen (secondary N) is 2. The summed E-state index contributed by atoms with van der Waals surface area (Å²) >= 11 is 0. The molecule has 0 radical (unpaired) electrons. The minimum Gasteiger partial charge on any atom is -0.340 e. The van der Waals surface area contributed by atoms with Gasteiger partial charge in [0.05, 0.1) is 16.7 Å². The van der Waals surface area contributed by atoms with E-state index in [4.69, 9.17) is 0 Å². The van der Waals surface area contributed by atoms with E-state index in [2.05, 4.69) is 37.2 Å². The predicted molar refractivity (Wildman–Crippen MR) is 140 cm³/mol. The molecule has 204 valence electrons. The summed E-state index contributed by atoms with van der Waals surface area (Å²) < 4.78 is 40.5. The van der Waals surface area contributed by atoms with Gasteiger partial charge >= 0.3 is 6.18 Å². The van der Waals surface area contributed by atoms with Gasteiger partial charge in [0.25, 0.3) is 0 Å². The summed E-state index contributed by atoms with van der Waals surface area (Å²) in [5, 5.41) is 6.81. The number of carbonyl (C=O) groups is 1. The summed E-state index contributed by atoms with van der Waals surface area (Å²) in [6.07, 6.45) is -0.695. The highest BCUT2D eigenvalue weighted by atomic mass is 19.4. The average molecular weight is 539 g/mol. The van der Waals surface area contributed by atoms with E-state index >= 15 is 0 Å². The highest BCUT2D eigenvalue weighted by Crippen LogP contribution is 2.33. The van der Waals surface area contributed by atoms with Crippen LogP contribution >= 0.6 is 0 Å². The smallest absolute Gasteiger partial charge is 0.340 e. The van der Waals surface area contributed by atoms with Gasteiger partial charge in [0.15, 0.2) is 5.69 Å². The van der Waals surface area contributed by atoms with Gasteiger partial charge in [0.2, 0.25) is 11.9 Å². The molecule has 4 heterocycles. The van der Waals surface area contributed by atoms with Gasteiger partial charge in [-0.15, -0.1) is 0 Å². The molecular weight excluding hydrogens is 509 g/mol. The Labute approximate surface area is 223 Å². The molecule has 3 aromatic heterocycles. The molecule has 1 saturated carbocycles. The van der Waals surface area contributed by atoms with Gasteiger partial charge in [-0.3, -0.25) is 14.4 Å². The third kappa shape index (κ3) is 5.20. The van der Waals surface area contributed by atoms with Crippen LogP contribution in [0.25, 0.3) is 22.3 Å². The molecule has 2 aliphatic rings. The fourth-order valence-electron chi connectivity index (χ4n) is 5.13. The van der Waals surface area contributed by atoms with Gasteiger partial charge in [0, 0.05) is 56.9 Å². The molecule has 39 heavy (non-hydrogen) atoms. The molecule has 0 bridgehead atoms. The Balaban J connectivity index is 1.15. The van der Waals surface area contributed by atoms with Gasteiger partial charge in [-0.25, -0.2) is 9.97 Å². The number of benzene rings is 1. The minimum atomic E-state index is -4.51. The van der Waals surface area contributed by atoms with E-state index in [-0.39, 0.29) is 12.0 Å². The predicted octanol–water partition coefficient (Wildman–Crippen LogP) is 4.74. The fraction of sp³-hybridized carbons (Fsp3) is 0.407. The highest BCUT2D eigenvalue weighted by molar-refractivity contribution is 5.83. The molecule has 9 nitrogen and oxygen atoms in total. The summed E-state index contributed by atoms with van der Waals surface area (Å²) in [6.45, 7) is 5.33. The number of rotatable bonds is 6. The van der Waals surface area contributed by atoms with E-state index in [0.717, 1.165) is 50.7 Å². The first-order valence-corrected chi connectivity index (χ1v) is 13.0. The molecule has 4 aromatic rings. The van der Waals surface area contributed by atoms with Crippen molar-refractivity contribution in [2.45, 2.75) is 32.0 Å². The zero-order chi connectivity index (χ0) is 27.3. The number of imidazole rings is 1. The SMILES string of the molecule is CC(c1ccnc(Nc2nc3ccc(-c4cc(C(F)(F)F)nn4C)cc3[nH]2)c1)N1CCN(C(=O)C2CC2)CC1. The van der Waals surface area contributed by atoms with Crippen LogP contribution in [0.15, 0.2) is 42.6 Å². The number of fused-ring (bicyclic) bond motifs is 1. The van der Waals surface area contributed by atoms with E-state index in [9.17, 15) is 18.0 Å². The Morgan fingerprint density at radius 1 is 1.10 bits per heavy atom. The molecule has 6 rings (SSSR count). The van der Waals surface area contributed by atoms with Crippen molar-refractivity contribution in [1.29, 1.82) is 0 Å². The Hall–Kier alpha value is -3.93. The van der Waals surface area contributed by atoms with Crippen LogP contribution in [0.4, 0.5) is 24.9 Å². The Kier molecular flexibility index (Phi) is 6.29. The van der Waals surface area contributed by atoms with Crippen molar-refractivity contribution < 1.29 is 18.0 Å². The van der Waals surface area contributed by atoms with Crippen molar-refractivity contribution in [3.8, 4) is 11.3 Å². The van der Waals surface area contributed by atoms with Crippen LogP contribution in [0, 0.1) is 5.92 Å². The molecule has 2 N–H and O–H groups in total. The van der Waals surface area contributed by atoms with Gasteiger partial charge < -0.3 is 15.2 Å². The number of aromatic amines is 1. The molecule has 0 spiro atoms. The maximum absolute atomic E-state index is 13.1. The summed E-state index contributed by atoms with van der Waals surface area (Å²) in [6, 6.07) is 10.4. The Morgan fingerprint density at radius 2 is 1.87 bits per heavy atom. The number of H-pyrrole nitrogens is 1. The number of nitrogens with zero attached hydrogens (tertiary/aromatic N) is 6. The highest BCUT2D eigenvalue weighted by Gasteiger charge is 2.36. The zero-order valence-electron chi connectivity index (χ0n) is 21.7. The molecule has 2 fully saturated rings. The maximum Gasteiger partial charge on any atom is 0.435 e. The number of halogens is 3. The standard InChI is InChI=1S/C27H29F3N8O/c1-16(37-9-11-38(12-10-37)25(39)17-3-4-17)18-7-8-31-24(14-18)34-26-32-20-6-5-19(13-21(20)33-26)22-15-23(27(28,29)30)35-36(22)2/h5-8,13-17H,3-4,9-12H2,1-2H3,(H2,31,32,33,34). The molecule has 12 heteroatoms. The maximum atomic E-state index is 13.1. The van der Waals surface area contributed by atoms with Crippen molar-refractivity contribution in [3.05, 3.63) is 53.9 Å². The largest absolute Gasteiger partial charge is 0.435 e. The van der Waals surface area contributed by atoms with Crippen molar-refractivity contribution in [3.63, 3.8) is 0 Å². The summed E-state index contributed by atoms with van der Waals surface area (Å²) in [5.41, 5.74) is 2.46. The molecule has 1 saturated heterocycles. The second-order valence-electron chi connectivity index (χ2n) is 10.3. The topological polar surface area (TPSA) is 95.0 Å². The first kappa shape index (κ1) is 25.4. The molecule has 1 aromatic carbocycles. The quantitative estimate of drug-likeness (QED) is 0.369. The van der Waals surface area contributed by atoms with Crippen molar-refractivity contribution in [1.82, 2.24) is 34.5 Å². The summed E-state index contributed by atoms with van der Waals surface area (Å²) in [4.78, 5) is 28.9. The minimum absolute atomic E-state index is 0.158. The van der Waals surface area contributed by atoms with Crippen LogP contribution in [-0.4, -0.2) is 66.6 Å². The molecule has 1 amide bonds. The van der Waals surface area contributed by atoms with Crippen molar-refractivity contribution >= 4 is 28.7 Å². The van der Waals surface area contributed by atoms with Crippen LogP contribution in [0.2, 0.25) is 0 Å². The van der Waals surface area contributed by atoms with Crippen molar-refractivity contribution in [2.75, 3.05) is 31.5 Å². The van der Waals surface area contributed by atoms with Crippen molar-refractivity contribution in [2.24, 2.45) is 13.0 Å². The Morgan fingerprint density at radius 3 is 2.56 bits per heavy atom. The number of aryl methyl sites for hydroxylation is 1.